The fraction of sp³-hybridized carbons (Fsp3) is 0.125. The molecule has 1 rings (SSSR count). The number of halogens is 1. The Labute approximate surface area is 69.0 Å². The molecule has 0 aliphatic rings. The van der Waals surface area contributed by atoms with Crippen LogP contribution in [0.25, 0.3) is 0 Å². The fourth-order valence-electron chi connectivity index (χ4n) is 0.814. The largest absolute Gasteiger partial charge is 0.265 e. The molecule has 0 fully saturated rings. The lowest BCUT2D eigenvalue weighted by molar-refractivity contribution is -0.471. The van der Waals surface area contributed by atoms with Gasteiger partial charge in [0.05, 0.1) is 6.42 Å². The molecule has 0 aromatic heterocycles. The summed E-state index contributed by atoms with van der Waals surface area (Å²) in [7, 11) is 0. The van der Waals surface area contributed by atoms with E-state index in [0.717, 1.165) is 0 Å². The number of benzene rings is 1. The average molecular weight is 168 g/mol. The van der Waals surface area contributed by atoms with Gasteiger partial charge in [-0.05, 0) is 17.7 Å². The molecule has 4 heteroatoms. The Morgan fingerprint density at radius 2 is 2.33 bits per heavy atom. The highest BCUT2D eigenvalue weighted by Gasteiger charge is 2.00. The minimum absolute atomic E-state index is 0.274. The second-order valence-electron chi connectivity index (χ2n) is 2.27. The molecule has 0 unspecified atom stereocenters. The first-order valence-electron chi connectivity index (χ1n) is 3.39. The van der Waals surface area contributed by atoms with Gasteiger partial charge in [0, 0.05) is 4.92 Å². The van der Waals surface area contributed by atoms with E-state index in [-0.39, 0.29) is 12.4 Å². The normalized spacial score (nSPS) is 9.75. The van der Waals surface area contributed by atoms with Crippen molar-refractivity contribution in [1.29, 1.82) is 0 Å². The monoisotopic (exact) mass is 168 g/mol. The molecule has 0 saturated carbocycles. The molecule has 1 radical (unpaired) electrons. The van der Waals surface area contributed by atoms with Crippen LogP contribution in [0.15, 0.2) is 24.3 Å². The van der Waals surface area contributed by atoms with Gasteiger partial charge < -0.3 is 0 Å². The lowest BCUT2D eigenvalue weighted by Gasteiger charge is -1.95. The summed E-state index contributed by atoms with van der Waals surface area (Å²) in [6, 6.07) is 5.68. The topological polar surface area (TPSA) is 43.1 Å². The van der Waals surface area contributed by atoms with E-state index in [4.69, 9.17) is 0 Å². The number of rotatable bonds is 3. The third-order valence-electron chi connectivity index (χ3n) is 1.32. The van der Waals surface area contributed by atoms with Gasteiger partial charge in [0.15, 0.2) is 0 Å². The molecule has 0 N–H and O–H groups in total. The highest BCUT2D eigenvalue weighted by Crippen LogP contribution is 2.05. The van der Waals surface area contributed by atoms with E-state index >= 15 is 0 Å². The molecule has 3 nitrogen and oxygen atoms in total. The van der Waals surface area contributed by atoms with Crippen molar-refractivity contribution in [2.45, 2.75) is 0 Å². The number of hydrogen-bond donors (Lipinski definition) is 0. The summed E-state index contributed by atoms with van der Waals surface area (Å²) < 4.78 is 12.5. The zero-order chi connectivity index (χ0) is 8.97. The minimum atomic E-state index is -0.467. The third kappa shape index (κ3) is 2.65. The second kappa shape index (κ2) is 3.80. The molecule has 12 heavy (non-hydrogen) atoms. The average Bonchev–Trinajstić information content (AvgIpc) is 2.01. The molecule has 0 saturated heterocycles. The number of nitrogens with zero attached hydrogens (tertiary/aromatic N) is 1. The summed E-state index contributed by atoms with van der Waals surface area (Å²) in [6.45, 7) is -0.274. The van der Waals surface area contributed by atoms with Gasteiger partial charge in [-0.25, -0.2) is 4.39 Å². The predicted molar refractivity (Wildman–Crippen MR) is 41.7 cm³/mol. The second-order valence-corrected chi connectivity index (χ2v) is 2.27. The summed E-state index contributed by atoms with van der Waals surface area (Å²) in [5.41, 5.74) is 0.534. The Balaban J connectivity index is 2.57. The van der Waals surface area contributed by atoms with Crippen molar-refractivity contribution < 1.29 is 9.31 Å². The molecule has 0 bridgehead atoms. The van der Waals surface area contributed by atoms with Gasteiger partial charge in [-0.15, -0.1) is 0 Å². The van der Waals surface area contributed by atoms with Crippen LogP contribution < -0.4 is 0 Å². The highest BCUT2D eigenvalue weighted by atomic mass is 19.1. The van der Waals surface area contributed by atoms with E-state index in [1.165, 1.54) is 24.6 Å². The van der Waals surface area contributed by atoms with Crippen molar-refractivity contribution in [2.75, 3.05) is 6.54 Å². The van der Waals surface area contributed by atoms with Gasteiger partial charge in [0.1, 0.15) is 5.82 Å². The Hall–Kier alpha value is -1.45. The van der Waals surface area contributed by atoms with Gasteiger partial charge in [-0.1, -0.05) is 12.1 Å². The summed E-state index contributed by atoms with van der Waals surface area (Å²) in [4.78, 5) is 9.47. The van der Waals surface area contributed by atoms with Crippen molar-refractivity contribution in [3.63, 3.8) is 0 Å². The maximum absolute atomic E-state index is 12.5. The number of nitro groups is 1. The molecule has 1 aromatic rings. The van der Waals surface area contributed by atoms with Crippen molar-refractivity contribution in [3.8, 4) is 0 Å². The zero-order valence-corrected chi connectivity index (χ0v) is 6.24. The summed E-state index contributed by atoms with van der Waals surface area (Å²) in [6.07, 6.45) is 1.36. The van der Waals surface area contributed by atoms with Crippen molar-refractivity contribution >= 4 is 0 Å². The number of hydrogen-bond acceptors (Lipinski definition) is 2. The van der Waals surface area contributed by atoms with Crippen molar-refractivity contribution in [2.24, 2.45) is 0 Å². The van der Waals surface area contributed by atoms with Gasteiger partial charge in [0.25, 0.3) is 0 Å². The minimum Gasteiger partial charge on any atom is -0.265 e. The first kappa shape index (κ1) is 8.64. The van der Waals surface area contributed by atoms with Gasteiger partial charge in [0.2, 0.25) is 6.54 Å². The molecular weight excluding hydrogens is 161 g/mol. The van der Waals surface area contributed by atoms with E-state index in [9.17, 15) is 14.5 Å². The quantitative estimate of drug-likeness (QED) is 0.508. The van der Waals surface area contributed by atoms with E-state index in [0.29, 0.717) is 5.56 Å². The SMILES string of the molecule is O=[N+]([O-])C[CH]c1cccc(F)c1. The maximum Gasteiger partial charge on any atom is 0.211 e. The lowest BCUT2D eigenvalue weighted by atomic mass is 10.1. The van der Waals surface area contributed by atoms with Crippen LogP contribution in [0.1, 0.15) is 5.56 Å². The van der Waals surface area contributed by atoms with Crippen LogP contribution in [0.5, 0.6) is 0 Å². The molecule has 0 aliphatic heterocycles. The molecule has 0 spiro atoms. The Morgan fingerprint density at radius 3 is 2.92 bits per heavy atom. The summed E-state index contributed by atoms with van der Waals surface area (Å²) >= 11 is 0. The lowest BCUT2D eigenvalue weighted by Crippen LogP contribution is -2.01. The van der Waals surface area contributed by atoms with E-state index in [1.807, 2.05) is 0 Å². The van der Waals surface area contributed by atoms with Gasteiger partial charge >= 0.3 is 0 Å². The predicted octanol–water partition coefficient (Wildman–Crippen LogP) is 1.65. The molecule has 63 valence electrons. The van der Waals surface area contributed by atoms with Crippen molar-refractivity contribution in [3.05, 3.63) is 52.2 Å². The van der Waals surface area contributed by atoms with E-state index < -0.39 is 4.92 Å². The van der Waals surface area contributed by atoms with Gasteiger partial charge in [-0.3, -0.25) is 10.1 Å². The molecular formula is C8H7FNO2. The van der Waals surface area contributed by atoms with Crippen LogP contribution in [-0.2, 0) is 0 Å². The zero-order valence-electron chi connectivity index (χ0n) is 6.24. The molecule has 0 amide bonds. The van der Waals surface area contributed by atoms with E-state index in [2.05, 4.69) is 0 Å². The smallest absolute Gasteiger partial charge is 0.211 e. The van der Waals surface area contributed by atoms with Crippen LogP contribution in [0.2, 0.25) is 0 Å². The summed E-state index contributed by atoms with van der Waals surface area (Å²) in [5, 5.41) is 9.94. The molecule has 0 atom stereocenters. The fourth-order valence-corrected chi connectivity index (χ4v) is 0.814. The standard InChI is InChI=1S/C8H7FNO2/c9-8-3-1-2-7(6-8)4-5-10(11)12/h1-4,6H,5H2. The van der Waals surface area contributed by atoms with Crippen LogP contribution in [0.4, 0.5) is 4.39 Å². The van der Waals surface area contributed by atoms with Crippen LogP contribution in [-0.4, -0.2) is 11.5 Å². The summed E-state index contributed by atoms with van der Waals surface area (Å²) in [5.74, 6) is -0.382. The Bertz CT molecular complexity index is 288. The van der Waals surface area contributed by atoms with Crippen molar-refractivity contribution in [1.82, 2.24) is 0 Å². The highest BCUT2D eigenvalue weighted by molar-refractivity contribution is 5.23. The maximum atomic E-state index is 12.5. The Kier molecular flexibility index (Phi) is 2.74. The Morgan fingerprint density at radius 1 is 1.58 bits per heavy atom. The molecule has 0 heterocycles. The third-order valence-corrected chi connectivity index (χ3v) is 1.32. The van der Waals surface area contributed by atoms with Gasteiger partial charge in [-0.2, -0.15) is 0 Å². The van der Waals surface area contributed by atoms with Crippen LogP contribution in [0.3, 0.4) is 0 Å². The molecule has 0 aliphatic carbocycles. The first-order valence-corrected chi connectivity index (χ1v) is 3.39. The first-order chi connectivity index (χ1) is 5.68. The van der Waals surface area contributed by atoms with Crippen LogP contribution in [0, 0.1) is 22.4 Å². The van der Waals surface area contributed by atoms with Crippen LogP contribution >= 0.6 is 0 Å². The molecule has 1 aromatic carbocycles. The van der Waals surface area contributed by atoms with E-state index in [1.54, 1.807) is 6.07 Å².